The highest BCUT2D eigenvalue weighted by atomic mass is 32.2. The maximum absolute atomic E-state index is 12.6. The molecule has 8 heteroatoms. The van der Waals surface area contributed by atoms with Crippen LogP contribution in [-0.2, 0) is 4.79 Å². The molecule has 1 aromatic heterocycles. The van der Waals surface area contributed by atoms with Crippen LogP contribution in [0.15, 0.2) is 71.8 Å². The monoisotopic (exact) mass is 444 g/mol. The predicted molar refractivity (Wildman–Crippen MR) is 127 cm³/mol. The van der Waals surface area contributed by atoms with Crippen LogP contribution in [0.3, 0.4) is 0 Å². The van der Waals surface area contributed by atoms with E-state index >= 15 is 0 Å². The lowest BCUT2D eigenvalue weighted by molar-refractivity contribution is -0.383. The van der Waals surface area contributed by atoms with E-state index in [1.54, 1.807) is 12.1 Å². The standard InChI is InChI=1S/C24H20N4O3S/c1-15-12-13-16(2)22-21(15)24(27-23(26-22)17-8-4-3-5-9-17)32-14-20(29)25-18-10-6-7-11-19(18)28(30)31/h3-13H,14H2,1-2H3,(H,25,29). The van der Waals surface area contributed by atoms with E-state index in [1.165, 1.54) is 23.9 Å². The molecule has 3 aromatic carbocycles. The van der Waals surface area contributed by atoms with E-state index in [1.807, 2.05) is 56.3 Å². The quantitative estimate of drug-likeness (QED) is 0.181. The molecule has 0 aliphatic heterocycles. The maximum atomic E-state index is 12.6. The number of aromatic nitrogens is 2. The van der Waals surface area contributed by atoms with Crippen LogP contribution in [0.25, 0.3) is 22.3 Å². The normalized spacial score (nSPS) is 10.8. The third-order valence-electron chi connectivity index (χ3n) is 4.97. The Balaban J connectivity index is 1.66. The Kier molecular flexibility index (Phi) is 6.13. The third kappa shape index (κ3) is 4.45. The topological polar surface area (TPSA) is 98.0 Å². The van der Waals surface area contributed by atoms with Crippen LogP contribution in [0.2, 0.25) is 0 Å². The number of hydrogen-bond acceptors (Lipinski definition) is 6. The first-order valence-corrected chi connectivity index (χ1v) is 10.9. The second-order valence-electron chi connectivity index (χ2n) is 7.25. The van der Waals surface area contributed by atoms with E-state index in [9.17, 15) is 14.9 Å². The molecule has 0 aliphatic carbocycles. The van der Waals surface area contributed by atoms with Gasteiger partial charge in [-0.1, -0.05) is 66.4 Å². The molecule has 32 heavy (non-hydrogen) atoms. The Morgan fingerprint density at radius 2 is 1.66 bits per heavy atom. The van der Waals surface area contributed by atoms with Crippen molar-refractivity contribution >= 4 is 39.9 Å². The first-order chi connectivity index (χ1) is 15.4. The number of nitro groups is 1. The lowest BCUT2D eigenvalue weighted by Crippen LogP contribution is -2.15. The number of fused-ring (bicyclic) bond motifs is 1. The van der Waals surface area contributed by atoms with Gasteiger partial charge in [0, 0.05) is 17.0 Å². The highest BCUT2D eigenvalue weighted by Crippen LogP contribution is 2.32. The lowest BCUT2D eigenvalue weighted by atomic mass is 10.1. The minimum absolute atomic E-state index is 0.0553. The number of nitrogens with zero attached hydrogens (tertiary/aromatic N) is 3. The number of benzene rings is 3. The molecular formula is C24H20N4O3S. The van der Waals surface area contributed by atoms with Crippen molar-refractivity contribution in [1.29, 1.82) is 0 Å². The van der Waals surface area contributed by atoms with Gasteiger partial charge in [-0.05, 0) is 31.0 Å². The maximum Gasteiger partial charge on any atom is 0.292 e. The van der Waals surface area contributed by atoms with E-state index in [2.05, 4.69) is 5.32 Å². The SMILES string of the molecule is Cc1ccc(C)c2c(SCC(=O)Nc3ccccc3[N+](=O)[O-])nc(-c3ccccc3)nc12. The first kappa shape index (κ1) is 21.5. The van der Waals surface area contributed by atoms with Crippen molar-refractivity contribution in [2.75, 3.05) is 11.1 Å². The third-order valence-corrected chi connectivity index (χ3v) is 5.95. The predicted octanol–water partition coefficient (Wildman–Crippen LogP) is 5.55. The number of nitrogens with one attached hydrogen (secondary N) is 1. The summed E-state index contributed by atoms with van der Waals surface area (Å²) < 4.78 is 0. The van der Waals surface area contributed by atoms with Gasteiger partial charge in [0.2, 0.25) is 5.91 Å². The summed E-state index contributed by atoms with van der Waals surface area (Å²) in [5.41, 5.74) is 3.81. The van der Waals surface area contributed by atoms with E-state index in [0.29, 0.717) is 10.9 Å². The summed E-state index contributed by atoms with van der Waals surface area (Å²) >= 11 is 1.29. The summed E-state index contributed by atoms with van der Waals surface area (Å²) in [6.07, 6.45) is 0. The zero-order valence-corrected chi connectivity index (χ0v) is 18.3. The van der Waals surface area contributed by atoms with Gasteiger partial charge in [0.1, 0.15) is 10.7 Å². The highest BCUT2D eigenvalue weighted by Gasteiger charge is 2.17. The number of nitro benzene ring substituents is 1. The van der Waals surface area contributed by atoms with Crippen LogP contribution in [0.1, 0.15) is 11.1 Å². The molecule has 0 aliphatic rings. The number of amides is 1. The summed E-state index contributed by atoms with van der Waals surface area (Å²) in [7, 11) is 0. The number of carbonyl (C=O) groups excluding carboxylic acids is 1. The number of carbonyl (C=O) groups is 1. The molecule has 4 aromatic rings. The van der Waals surface area contributed by atoms with E-state index in [-0.39, 0.29) is 23.0 Å². The van der Waals surface area contributed by atoms with Crippen LogP contribution < -0.4 is 5.32 Å². The minimum atomic E-state index is -0.515. The van der Waals surface area contributed by atoms with Crippen LogP contribution in [0.4, 0.5) is 11.4 Å². The highest BCUT2D eigenvalue weighted by molar-refractivity contribution is 8.00. The van der Waals surface area contributed by atoms with Gasteiger partial charge in [0.15, 0.2) is 5.82 Å². The van der Waals surface area contributed by atoms with Crippen molar-refractivity contribution < 1.29 is 9.72 Å². The molecular weight excluding hydrogens is 424 g/mol. The van der Waals surface area contributed by atoms with Crippen LogP contribution in [-0.4, -0.2) is 26.6 Å². The molecule has 0 saturated carbocycles. The fourth-order valence-electron chi connectivity index (χ4n) is 3.37. The Hall–Kier alpha value is -3.78. The van der Waals surface area contributed by atoms with Crippen molar-refractivity contribution in [3.05, 3.63) is 88.0 Å². The van der Waals surface area contributed by atoms with Gasteiger partial charge in [0.05, 0.1) is 16.2 Å². The number of para-hydroxylation sites is 2. The Labute approximate surface area is 189 Å². The molecule has 0 bridgehead atoms. The minimum Gasteiger partial charge on any atom is -0.320 e. The number of thioether (sulfide) groups is 1. The zero-order chi connectivity index (χ0) is 22.7. The van der Waals surface area contributed by atoms with Gasteiger partial charge in [-0.25, -0.2) is 9.97 Å². The summed E-state index contributed by atoms with van der Waals surface area (Å²) in [5.74, 6) is 0.302. The zero-order valence-electron chi connectivity index (χ0n) is 17.5. The Bertz CT molecular complexity index is 1330. The van der Waals surface area contributed by atoms with E-state index in [4.69, 9.17) is 9.97 Å². The van der Waals surface area contributed by atoms with E-state index in [0.717, 1.165) is 27.6 Å². The molecule has 4 rings (SSSR count). The van der Waals surface area contributed by atoms with Crippen LogP contribution in [0, 0.1) is 24.0 Å². The van der Waals surface area contributed by atoms with Crippen LogP contribution in [0.5, 0.6) is 0 Å². The second kappa shape index (κ2) is 9.15. The molecule has 1 heterocycles. The molecule has 7 nitrogen and oxygen atoms in total. The molecule has 160 valence electrons. The van der Waals surface area contributed by atoms with Crippen molar-refractivity contribution in [3.8, 4) is 11.4 Å². The summed E-state index contributed by atoms with van der Waals surface area (Å²) in [6, 6.07) is 19.8. The molecule has 0 atom stereocenters. The number of aryl methyl sites for hydroxylation is 2. The molecule has 0 fully saturated rings. The summed E-state index contributed by atoms with van der Waals surface area (Å²) in [6.45, 7) is 3.99. The van der Waals surface area contributed by atoms with Gasteiger partial charge in [-0.2, -0.15) is 0 Å². The average Bonchev–Trinajstić information content (AvgIpc) is 2.80. The molecule has 1 amide bonds. The van der Waals surface area contributed by atoms with Crippen LogP contribution >= 0.6 is 11.8 Å². The van der Waals surface area contributed by atoms with Gasteiger partial charge < -0.3 is 5.32 Å². The first-order valence-electron chi connectivity index (χ1n) is 9.93. The summed E-state index contributed by atoms with van der Waals surface area (Å²) in [4.78, 5) is 32.8. The molecule has 0 unspecified atom stereocenters. The van der Waals surface area contributed by atoms with Gasteiger partial charge in [0.25, 0.3) is 5.69 Å². The van der Waals surface area contributed by atoms with Gasteiger partial charge >= 0.3 is 0 Å². The van der Waals surface area contributed by atoms with Crippen molar-refractivity contribution in [2.45, 2.75) is 18.9 Å². The molecule has 0 saturated heterocycles. The molecule has 1 N–H and O–H groups in total. The van der Waals surface area contributed by atoms with Crippen molar-refractivity contribution in [1.82, 2.24) is 9.97 Å². The number of anilines is 1. The van der Waals surface area contributed by atoms with Crippen molar-refractivity contribution in [3.63, 3.8) is 0 Å². The number of hydrogen-bond donors (Lipinski definition) is 1. The largest absolute Gasteiger partial charge is 0.320 e. The molecule has 0 spiro atoms. The fourth-order valence-corrected chi connectivity index (χ4v) is 4.27. The van der Waals surface area contributed by atoms with E-state index < -0.39 is 4.92 Å². The molecule has 0 radical (unpaired) electrons. The Morgan fingerprint density at radius 3 is 2.41 bits per heavy atom. The average molecular weight is 445 g/mol. The Morgan fingerprint density at radius 1 is 0.969 bits per heavy atom. The van der Waals surface area contributed by atoms with Gasteiger partial charge in [-0.15, -0.1) is 0 Å². The smallest absolute Gasteiger partial charge is 0.292 e. The second-order valence-corrected chi connectivity index (χ2v) is 8.22. The lowest BCUT2D eigenvalue weighted by Gasteiger charge is -2.12. The van der Waals surface area contributed by atoms with Crippen molar-refractivity contribution in [2.24, 2.45) is 0 Å². The summed E-state index contributed by atoms with van der Waals surface area (Å²) in [5, 5.41) is 15.5. The number of rotatable bonds is 6. The van der Waals surface area contributed by atoms with Gasteiger partial charge in [-0.3, -0.25) is 14.9 Å². The fraction of sp³-hybridized carbons (Fsp3) is 0.125.